The van der Waals surface area contributed by atoms with Crippen molar-refractivity contribution in [1.82, 2.24) is 4.98 Å². The number of pyridine rings is 1. The largest absolute Gasteiger partial charge is 0.377 e. The van der Waals surface area contributed by atoms with Crippen molar-refractivity contribution < 1.29 is 0 Å². The van der Waals surface area contributed by atoms with Gasteiger partial charge in [-0.1, -0.05) is 19.1 Å². The molecule has 1 saturated heterocycles. The quantitative estimate of drug-likeness (QED) is 0.834. The monoisotopic (exact) mass is 283 g/mol. The molecular weight excluding hydrogens is 258 g/mol. The Morgan fingerprint density at radius 2 is 2.10 bits per heavy atom. The van der Waals surface area contributed by atoms with Crippen LogP contribution in [0.1, 0.15) is 25.3 Å². The van der Waals surface area contributed by atoms with Crippen molar-refractivity contribution in [2.45, 2.75) is 26.7 Å². The van der Waals surface area contributed by atoms with E-state index in [-0.39, 0.29) is 0 Å². The van der Waals surface area contributed by atoms with E-state index in [0.29, 0.717) is 0 Å². The summed E-state index contributed by atoms with van der Waals surface area (Å²) < 4.78 is 0. The van der Waals surface area contributed by atoms with Crippen LogP contribution in [0.3, 0.4) is 0 Å². The number of aryl methyl sites for hydroxylation is 1. The van der Waals surface area contributed by atoms with E-state index in [0.717, 1.165) is 24.8 Å². The molecule has 21 heavy (non-hydrogen) atoms. The van der Waals surface area contributed by atoms with E-state index in [4.69, 9.17) is 4.98 Å². The topological polar surface area (TPSA) is 19.4 Å². The third-order valence-electron chi connectivity index (χ3n) is 4.50. The number of rotatable bonds is 2. The number of fused-ring (bicyclic) bond motifs is 1. The van der Waals surface area contributed by atoms with Gasteiger partial charge in [0.25, 0.3) is 0 Å². The fraction of sp³-hybridized carbons (Fsp3) is 0.500. The Morgan fingerprint density at radius 3 is 2.81 bits per heavy atom. The smallest absolute Gasteiger partial charge is 0.136 e. The molecule has 2 aromatic rings. The molecule has 0 radical (unpaired) electrons. The fourth-order valence-corrected chi connectivity index (χ4v) is 3.44. The molecule has 3 nitrogen and oxygen atoms in total. The Morgan fingerprint density at radius 1 is 1.29 bits per heavy atom. The zero-order valence-electron chi connectivity index (χ0n) is 13.6. The Balaban J connectivity index is 2.16. The summed E-state index contributed by atoms with van der Waals surface area (Å²) in [5.41, 5.74) is 2.53. The summed E-state index contributed by atoms with van der Waals surface area (Å²) in [6.45, 7) is 6.75. The van der Waals surface area contributed by atoms with Crippen LogP contribution in [0.25, 0.3) is 10.8 Å². The van der Waals surface area contributed by atoms with E-state index in [1.807, 2.05) is 6.20 Å². The predicted octanol–water partition coefficient (Wildman–Crippen LogP) is 3.85. The standard InChI is InChI=1S/C18H25N3/c1-13-7-6-10-21(12-13)18-15-8-5-9-16(20(3)4)17(15)14(2)11-19-18/h5,8-9,11,13H,6-7,10,12H2,1-4H3. The van der Waals surface area contributed by atoms with Gasteiger partial charge < -0.3 is 9.80 Å². The highest BCUT2D eigenvalue weighted by Crippen LogP contribution is 2.34. The Bertz CT molecular complexity index is 648. The Hall–Kier alpha value is -1.77. The Labute approximate surface area is 127 Å². The van der Waals surface area contributed by atoms with Crippen LogP contribution >= 0.6 is 0 Å². The maximum absolute atomic E-state index is 4.77. The summed E-state index contributed by atoms with van der Waals surface area (Å²) in [6, 6.07) is 6.56. The highest BCUT2D eigenvalue weighted by molar-refractivity contribution is 6.02. The van der Waals surface area contributed by atoms with Crippen LogP contribution in [-0.4, -0.2) is 32.2 Å². The van der Waals surface area contributed by atoms with Crippen LogP contribution in [-0.2, 0) is 0 Å². The van der Waals surface area contributed by atoms with E-state index >= 15 is 0 Å². The first-order valence-corrected chi connectivity index (χ1v) is 7.88. The first-order valence-electron chi connectivity index (χ1n) is 7.88. The molecule has 0 aliphatic carbocycles. The number of anilines is 2. The molecule has 1 unspecified atom stereocenters. The van der Waals surface area contributed by atoms with E-state index < -0.39 is 0 Å². The summed E-state index contributed by atoms with van der Waals surface area (Å²) in [5, 5.41) is 2.63. The number of hydrogen-bond donors (Lipinski definition) is 0. The zero-order chi connectivity index (χ0) is 15.0. The number of piperidine rings is 1. The van der Waals surface area contributed by atoms with Gasteiger partial charge in [0, 0.05) is 49.8 Å². The van der Waals surface area contributed by atoms with Gasteiger partial charge in [0.05, 0.1) is 0 Å². The molecule has 0 amide bonds. The molecule has 2 heterocycles. The maximum atomic E-state index is 4.77. The van der Waals surface area contributed by atoms with Crippen LogP contribution in [0.4, 0.5) is 11.5 Å². The minimum atomic E-state index is 0.758. The van der Waals surface area contributed by atoms with Crippen LogP contribution in [0.5, 0.6) is 0 Å². The van der Waals surface area contributed by atoms with E-state index in [1.54, 1.807) is 0 Å². The van der Waals surface area contributed by atoms with Crippen molar-refractivity contribution in [3.63, 3.8) is 0 Å². The summed E-state index contributed by atoms with van der Waals surface area (Å²) in [6.07, 6.45) is 4.64. The Kier molecular flexibility index (Phi) is 3.75. The predicted molar refractivity (Wildman–Crippen MR) is 91.4 cm³/mol. The molecule has 1 aliphatic rings. The van der Waals surface area contributed by atoms with Crippen molar-refractivity contribution in [3.05, 3.63) is 30.0 Å². The third kappa shape index (κ3) is 2.57. The fourth-order valence-electron chi connectivity index (χ4n) is 3.44. The molecule has 1 aromatic heterocycles. The molecular formula is C18H25N3. The van der Waals surface area contributed by atoms with Gasteiger partial charge >= 0.3 is 0 Å². The molecule has 0 N–H and O–H groups in total. The molecule has 3 heteroatoms. The molecule has 0 saturated carbocycles. The van der Waals surface area contributed by atoms with Gasteiger partial charge in [-0.2, -0.15) is 0 Å². The van der Waals surface area contributed by atoms with Gasteiger partial charge in [-0.15, -0.1) is 0 Å². The van der Waals surface area contributed by atoms with Gasteiger partial charge in [-0.05, 0) is 37.3 Å². The summed E-state index contributed by atoms with van der Waals surface area (Å²) in [7, 11) is 4.22. The second-order valence-corrected chi connectivity index (χ2v) is 6.55. The van der Waals surface area contributed by atoms with Crippen LogP contribution in [0, 0.1) is 12.8 Å². The van der Waals surface area contributed by atoms with Crippen molar-refractivity contribution in [2.24, 2.45) is 5.92 Å². The van der Waals surface area contributed by atoms with Gasteiger partial charge in [0.15, 0.2) is 0 Å². The lowest BCUT2D eigenvalue weighted by Gasteiger charge is -2.33. The van der Waals surface area contributed by atoms with E-state index in [1.165, 1.54) is 34.9 Å². The molecule has 3 rings (SSSR count). The molecule has 112 valence electrons. The molecule has 0 spiro atoms. The maximum Gasteiger partial charge on any atom is 0.136 e. The second kappa shape index (κ2) is 5.55. The zero-order valence-corrected chi connectivity index (χ0v) is 13.6. The lowest BCUT2D eigenvalue weighted by atomic mass is 9.99. The van der Waals surface area contributed by atoms with Gasteiger partial charge in [-0.25, -0.2) is 4.98 Å². The van der Waals surface area contributed by atoms with Crippen molar-refractivity contribution in [3.8, 4) is 0 Å². The average Bonchev–Trinajstić information content (AvgIpc) is 2.47. The number of benzene rings is 1. The first kappa shape index (κ1) is 14.2. The third-order valence-corrected chi connectivity index (χ3v) is 4.50. The average molecular weight is 283 g/mol. The summed E-state index contributed by atoms with van der Waals surface area (Å²) >= 11 is 0. The summed E-state index contributed by atoms with van der Waals surface area (Å²) in [5.74, 6) is 1.92. The molecule has 1 atom stereocenters. The van der Waals surface area contributed by atoms with E-state index in [2.05, 4.69) is 55.9 Å². The number of hydrogen-bond acceptors (Lipinski definition) is 3. The van der Waals surface area contributed by atoms with Gasteiger partial charge in [0.2, 0.25) is 0 Å². The van der Waals surface area contributed by atoms with E-state index in [9.17, 15) is 0 Å². The van der Waals surface area contributed by atoms with Crippen molar-refractivity contribution in [2.75, 3.05) is 37.0 Å². The van der Waals surface area contributed by atoms with Crippen molar-refractivity contribution in [1.29, 1.82) is 0 Å². The number of nitrogens with zero attached hydrogens (tertiary/aromatic N) is 3. The van der Waals surface area contributed by atoms with Crippen molar-refractivity contribution >= 4 is 22.3 Å². The van der Waals surface area contributed by atoms with Crippen LogP contribution < -0.4 is 9.80 Å². The molecule has 1 fully saturated rings. The normalized spacial score (nSPS) is 19.0. The lowest BCUT2D eigenvalue weighted by molar-refractivity contribution is 0.445. The van der Waals surface area contributed by atoms with Gasteiger partial charge in [-0.3, -0.25) is 0 Å². The molecule has 0 bridgehead atoms. The molecule has 1 aliphatic heterocycles. The first-order chi connectivity index (χ1) is 10.1. The van der Waals surface area contributed by atoms with Crippen LogP contribution in [0.2, 0.25) is 0 Å². The van der Waals surface area contributed by atoms with Gasteiger partial charge in [0.1, 0.15) is 5.82 Å². The number of aromatic nitrogens is 1. The molecule has 1 aromatic carbocycles. The minimum Gasteiger partial charge on any atom is -0.377 e. The second-order valence-electron chi connectivity index (χ2n) is 6.55. The minimum absolute atomic E-state index is 0.758. The lowest BCUT2D eigenvalue weighted by Crippen LogP contribution is -2.35. The highest BCUT2D eigenvalue weighted by Gasteiger charge is 2.20. The van der Waals surface area contributed by atoms with Crippen LogP contribution in [0.15, 0.2) is 24.4 Å². The summed E-state index contributed by atoms with van der Waals surface area (Å²) in [4.78, 5) is 9.43. The SMILES string of the molecule is Cc1cnc(N2CCCC(C)C2)c2cccc(N(C)C)c12. The highest BCUT2D eigenvalue weighted by atomic mass is 15.2.